The molecule has 0 aromatic carbocycles. The molecule has 1 atom stereocenters. The number of carbonyl (C=O) groups excluding carboxylic acids is 1. The van der Waals surface area contributed by atoms with Crippen LogP contribution in [0.25, 0.3) is 0 Å². The Morgan fingerprint density at radius 1 is 1.47 bits per heavy atom. The number of aromatic nitrogens is 2. The Balaban J connectivity index is 2.70. The van der Waals surface area contributed by atoms with Crippen LogP contribution in [-0.4, -0.2) is 36.7 Å². The van der Waals surface area contributed by atoms with Gasteiger partial charge >= 0.3 is 0 Å². The van der Waals surface area contributed by atoms with Crippen LogP contribution in [0.5, 0.6) is 0 Å². The Labute approximate surface area is 102 Å². The van der Waals surface area contributed by atoms with Crippen molar-refractivity contribution in [1.29, 1.82) is 0 Å². The summed E-state index contributed by atoms with van der Waals surface area (Å²) >= 11 is 0. The first kappa shape index (κ1) is 13.4. The second-order valence-corrected chi connectivity index (χ2v) is 4.25. The lowest BCUT2D eigenvalue weighted by Crippen LogP contribution is -2.25. The number of nitrogens with one attached hydrogen (secondary N) is 1. The predicted molar refractivity (Wildman–Crippen MR) is 68.1 cm³/mol. The van der Waals surface area contributed by atoms with Gasteiger partial charge in [0.25, 0.3) is 5.91 Å². The van der Waals surface area contributed by atoms with Gasteiger partial charge in [-0.15, -0.1) is 10.2 Å². The standard InChI is InChI=1S/C12H20N4O/c1-5-9(2)8-16(4)11-7-6-10(14-15-11)12(17)13-3/h6-7,9H,5,8H2,1-4H3,(H,13,17). The molecule has 0 bridgehead atoms. The summed E-state index contributed by atoms with van der Waals surface area (Å²) < 4.78 is 0. The van der Waals surface area contributed by atoms with Gasteiger partial charge in [0, 0.05) is 20.6 Å². The maximum absolute atomic E-state index is 11.3. The van der Waals surface area contributed by atoms with Crippen molar-refractivity contribution >= 4 is 11.7 Å². The van der Waals surface area contributed by atoms with E-state index < -0.39 is 0 Å². The molecule has 0 fully saturated rings. The maximum atomic E-state index is 11.3. The van der Waals surface area contributed by atoms with Gasteiger partial charge in [0.1, 0.15) is 0 Å². The molecule has 0 saturated heterocycles. The summed E-state index contributed by atoms with van der Waals surface area (Å²) in [7, 11) is 3.56. The monoisotopic (exact) mass is 236 g/mol. The van der Waals surface area contributed by atoms with Crippen molar-refractivity contribution in [3.8, 4) is 0 Å². The molecule has 94 valence electrons. The van der Waals surface area contributed by atoms with Gasteiger partial charge in [-0.1, -0.05) is 20.3 Å². The van der Waals surface area contributed by atoms with Crippen molar-refractivity contribution in [1.82, 2.24) is 15.5 Å². The molecule has 1 amide bonds. The largest absolute Gasteiger partial charge is 0.358 e. The first-order valence-electron chi connectivity index (χ1n) is 5.85. The lowest BCUT2D eigenvalue weighted by molar-refractivity contribution is 0.0957. The van der Waals surface area contributed by atoms with Crippen molar-refractivity contribution in [2.24, 2.45) is 5.92 Å². The number of hydrogen-bond donors (Lipinski definition) is 1. The highest BCUT2D eigenvalue weighted by Crippen LogP contribution is 2.11. The van der Waals surface area contributed by atoms with Crippen molar-refractivity contribution in [2.75, 3.05) is 25.5 Å². The predicted octanol–water partition coefficient (Wildman–Crippen LogP) is 1.32. The quantitative estimate of drug-likeness (QED) is 0.837. The summed E-state index contributed by atoms with van der Waals surface area (Å²) in [6.45, 7) is 5.30. The first-order chi connectivity index (χ1) is 8.08. The lowest BCUT2D eigenvalue weighted by Gasteiger charge is -2.21. The van der Waals surface area contributed by atoms with E-state index in [0.29, 0.717) is 11.6 Å². The molecule has 0 aliphatic carbocycles. The van der Waals surface area contributed by atoms with Gasteiger partial charge in [0.2, 0.25) is 0 Å². The van der Waals surface area contributed by atoms with Crippen LogP contribution in [0.15, 0.2) is 12.1 Å². The highest BCUT2D eigenvalue weighted by molar-refractivity contribution is 5.91. The smallest absolute Gasteiger partial charge is 0.271 e. The summed E-state index contributed by atoms with van der Waals surface area (Å²) in [6.07, 6.45) is 1.13. The zero-order chi connectivity index (χ0) is 12.8. The van der Waals surface area contributed by atoms with E-state index in [-0.39, 0.29) is 5.91 Å². The third kappa shape index (κ3) is 3.69. The molecule has 0 radical (unpaired) electrons. The molecule has 5 nitrogen and oxygen atoms in total. The molecule has 1 aromatic rings. The number of anilines is 1. The molecule has 1 unspecified atom stereocenters. The van der Waals surface area contributed by atoms with E-state index >= 15 is 0 Å². The van der Waals surface area contributed by atoms with Crippen LogP contribution in [0.2, 0.25) is 0 Å². The van der Waals surface area contributed by atoms with E-state index in [1.165, 1.54) is 0 Å². The van der Waals surface area contributed by atoms with Crippen LogP contribution >= 0.6 is 0 Å². The van der Waals surface area contributed by atoms with E-state index in [9.17, 15) is 4.79 Å². The fourth-order valence-electron chi connectivity index (χ4n) is 1.47. The third-order valence-electron chi connectivity index (χ3n) is 2.78. The van der Waals surface area contributed by atoms with Gasteiger partial charge in [-0.25, -0.2) is 0 Å². The molecule has 1 N–H and O–H groups in total. The van der Waals surface area contributed by atoms with Gasteiger partial charge in [-0.2, -0.15) is 0 Å². The van der Waals surface area contributed by atoms with E-state index in [4.69, 9.17) is 0 Å². The second kappa shape index (κ2) is 6.18. The number of nitrogens with zero attached hydrogens (tertiary/aromatic N) is 3. The molecule has 1 heterocycles. The van der Waals surface area contributed by atoms with Gasteiger partial charge < -0.3 is 10.2 Å². The minimum Gasteiger partial charge on any atom is -0.358 e. The van der Waals surface area contributed by atoms with Crippen LogP contribution in [0.1, 0.15) is 30.8 Å². The average molecular weight is 236 g/mol. The number of carbonyl (C=O) groups is 1. The fraction of sp³-hybridized carbons (Fsp3) is 0.583. The highest BCUT2D eigenvalue weighted by Gasteiger charge is 2.09. The molecular formula is C12H20N4O. The minimum absolute atomic E-state index is 0.214. The Kier molecular flexibility index (Phi) is 4.87. The lowest BCUT2D eigenvalue weighted by atomic mass is 10.1. The van der Waals surface area contributed by atoms with Crippen LogP contribution in [0.3, 0.4) is 0 Å². The van der Waals surface area contributed by atoms with Crippen LogP contribution < -0.4 is 10.2 Å². The zero-order valence-electron chi connectivity index (χ0n) is 10.9. The fourth-order valence-corrected chi connectivity index (χ4v) is 1.47. The summed E-state index contributed by atoms with van der Waals surface area (Å²) in [5.74, 6) is 1.19. The SMILES string of the molecule is CCC(C)CN(C)c1ccc(C(=O)NC)nn1. The molecule has 0 aliphatic rings. The van der Waals surface area contributed by atoms with E-state index in [1.807, 2.05) is 13.1 Å². The topological polar surface area (TPSA) is 58.1 Å². The molecule has 0 spiro atoms. The van der Waals surface area contributed by atoms with Gasteiger partial charge in [0.15, 0.2) is 11.5 Å². The van der Waals surface area contributed by atoms with E-state index in [2.05, 4.69) is 34.3 Å². The molecule has 1 aromatic heterocycles. The summed E-state index contributed by atoms with van der Waals surface area (Å²) in [4.78, 5) is 13.3. The molecule has 0 aliphatic heterocycles. The zero-order valence-corrected chi connectivity index (χ0v) is 10.9. The molecule has 5 heteroatoms. The molecular weight excluding hydrogens is 216 g/mol. The Hall–Kier alpha value is -1.65. The minimum atomic E-state index is -0.214. The molecule has 17 heavy (non-hydrogen) atoms. The summed E-state index contributed by atoms with van der Waals surface area (Å²) in [5.41, 5.74) is 0.341. The van der Waals surface area contributed by atoms with Crippen molar-refractivity contribution in [3.63, 3.8) is 0 Å². The van der Waals surface area contributed by atoms with Crippen LogP contribution in [0.4, 0.5) is 5.82 Å². The van der Waals surface area contributed by atoms with Crippen LogP contribution in [-0.2, 0) is 0 Å². The van der Waals surface area contributed by atoms with E-state index in [0.717, 1.165) is 18.8 Å². The number of amides is 1. The van der Waals surface area contributed by atoms with E-state index in [1.54, 1.807) is 13.1 Å². The highest BCUT2D eigenvalue weighted by atomic mass is 16.1. The molecule has 0 saturated carbocycles. The summed E-state index contributed by atoms with van der Waals surface area (Å²) in [6, 6.07) is 3.51. The van der Waals surface area contributed by atoms with Crippen molar-refractivity contribution in [2.45, 2.75) is 20.3 Å². The normalized spacial score (nSPS) is 12.0. The first-order valence-corrected chi connectivity index (χ1v) is 5.85. The Bertz CT molecular complexity index is 363. The average Bonchev–Trinajstić information content (AvgIpc) is 2.37. The second-order valence-electron chi connectivity index (χ2n) is 4.25. The number of hydrogen-bond acceptors (Lipinski definition) is 4. The third-order valence-corrected chi connectivity index (χ3v) is 2.78. The Morgan fingerprint density at radius 2 is 2.18 bits per heavy atom. The van der Waals surface area contributed by atoms with Crippen molar-refractivity contribution in [3.05, 3.63) is 17.8 Å². The van der Waals surface area contributed by atoms with Crippen LogP contribution in [0, 0.1) is 5.92 Å². The van der Waals surface area contributed by atoms with Gasteiger partial charge in [-0.3, -0.25) is 4.79 Å². The summed E-state index contributed by atoms with van der Waals surface area (Å²) in [5, 5.41) is 10.5. The maximum Gasteiger partial charge on any atom is 0.271 e. The van der Waals surface area contributed by atoms with Gasteiger partial charge in [-0.05, 0) is 18.1 Å². The number of rotatable bonds is 5. The Morgan fingerprint density at radius 3 is 2.65 bits per heavy atom. The van der Waals surface area contributed by atoms with Gasteiger partial charge in [0.05, 0.1) is 0 Å². The molecule has 1 rings (SSSR count). The van der Waals surface area contributed by atoms with Crippen molar-refractivity contribution < 1.29 is 4.79 Å².